The smallest absolute Gasteiger partial charge is 0.182 e. The maximum atomic E-state index is 11.6. The van der Waals surface area contributed by atoms with Gasteiger partial charge >= 0.3 is 0 Å². The maximum Gasteiger partial charge on any atom is 0.182 e. The van der Waals surface area contributed by atoms with Crippen LogP contribution < -0.4 is 4.74 Å². The molecule has 0 amide bonds. The number of benzene rings is 2. The monoisotopic (exact) mass is 780 g/mol. The number of carbonyl (C=O) groups excluding carboxylic acids is 2. The summed E-state index contributed by atoms with van der Waals surface area (Å²) >= 11 is 5.78. The lowest BCUT2D eigenvalue weighted by Gasteiger charge is -2.14. The van der Waals surface area contributed by atoms with Crippen molar-refractivity contribution in [1.82, 2.24) is 39.5 Å². The number of hydrogen-bond acceptors (Lipinski definition) is 12. The molecule has 0 aliphatic carbocycles. The van der Waals surface area contributed by atoms with E-state index in [0.717, 1.165) is 5.69 Å². The molecule has 0 aliphatic heterocycles. The maximum absolute atomic E-state index is 11.6. The fraction of sp³-hybridized carbons (Fsp3) is 0.220. The predicted octanol–water partition coefficient (Wildman–Crippen LogP) is 9.31. The number of alkyl halides is 1. The van der Waals surface area contributed by atoms with Gasteiger partial charge < -0.3 is 18.7 Å². The van der Waals surface area contributed by atoms with E-state index < -0.39 is 12.4 Å². The second-order valence-corrected chi connectivity index (χ2v) is 12.4. The molecule has 1 N–H and O–H groups in total. The minimum atomic E-state index is -2.28. The van der Waals surface area contributed by atoms with E-state index in [4.69, 9.17) is 30.7 Å². The summed E-state index contributed by atoms with van der Waals surface area (Å²) in [5, 5.41) is 17.7. The van der Waals surface area contributed by atoms with Gasteiger partial charge in [-0.1, -0.05) is 19.6 Å². The van der Waals surface area contributed by atoms with Gasteiger partial charge in [-0.05, 0) is 81.8 Å². The van der Waals surface area contributed by atoms with Crippen molar-refractivity contribution in [3.8, 4) is 34.3 Å². The summed E-state index contributed by atoms with van der Waals surface area (Å²) in [7, 11) is 0. The Labute approximate surface area is 333 Å². The average Bonchev–Trinajstić information content (AvgIpc) is 4.05. The number of halogens is 1. The van der Waals surface area contributed by atoms with Crippen molar-refractivity contribution in [2.24, 2.45) is 0 Å². The number of pyridine rings is 2. The second-order valence-electron chi connectivity index (χ2n) is 12.2. The van der Waals surface area contributed by atoms with Crippen LogP contribution in [0.15, 0.2) is 107 Å². The van der Waals surface area contributed by atoms with E-state index in [9.17, 15) is 14.7 Å². The molecule has 0 fully saturated rings. The highest BCUT2D eigenvalue weighted by Gasteiger charge is 2.17. The van der Waals surface area contributed by atoms with Crippen LogP contribution in [0.25, 0.3) is 45.0 Å². The molecular weight excluding hydrogens is 736 g/mol. The Morgan fingerprint density at radius 1 is 0.732 bits per heavy atom. The first kappa shape index (κ1) is 35.1. The summed E-state index contributed by atoms with van der Waals surface area (Å²) in [5.41, 5.74) is 4.83. The highest BCUT2D eigenvalue weighted by Crippen LogP contribution is 2.29. The highest BCUT2D eigenvalue weighted by molar-refractivity contribution is 6.17. The molecule has 0 radical (unpaired) electrons. The van der Waals surface area contributed by atoms with Crippen LogP contribution in [0.4, 0.5) is 0 Å². The van der Waals surface area contributed by atoms with Crippen LogP contribution in [0.3, 0.4) is 0 Å². The number of rotatable bonds is 10. The van der Waals surface area contributed by atoms with E-state index in [1.165, 1.54) is 24.9 Å². The molecule has 56 heavy (non-hydrogen) atoms. The molecule has 14 nitrogen and oxygen atoms in total. The van der Waals surface area contributed by atoms with Crippen LogP contribution >= 0.6 is 11.6 Å². The molecule has 15 heteroatoms. The Morgan fingerprint density at radius 2 is 1.25 bits per heavy atom. The van der Waals surface area contributed by atoms with Crippen LogP contribution in [0.1, 0.15) is 84.5 Å². The quantitative estimate of drug-likeness (QED) is 0.103. The molecule has 0 aliphatic rings. The van der Waals surface area contributed by atoms with E-state index in [2.05, 4.69) is 30.1 Å². The molecule has 6 aromatic heterocycles. The van der Waals surface area contributed by atoms with Crippen LogP contribution in [-0.4, -0.2) is 57.2 Å². The van der Waals surface area contributed by atoms with E-state index in [1.54, 1.807) is 76.6 Å². The number of phenols is 1. The SMILES string of the molecule is C.O=Cc1c(O)ccc2ncoc12.[2H]C([2H])(Cl)c1cccnc1-c1ccnn1C(C)C.[2H]C([2H])(Oc1ccc2ncoc2c1C=O)c1cccnc1-c1ccnn1C(C)C. The Kier molecular flexibility index (Phi) is 11.6. The van der Waals surface area contributed by atoms with Gasteiger partial charge in [0, 0.05) is 51.0 Å². The summed E-state index contributed by atoms with van der Waals surface area (Å²) in [6.07, 6.45) is 10.1. The molecule has 6 heterocycles. The number of nitrogens with zero attached hydrogens (tertiary/aromatic N) is 8. The number of fused-ring (bicyclic) bond motifs is 2. The summed E-state index contributed by atoms with van der Waals surface area (Å²) in [6, 6.07) is 16.5. The first-order valence-corrected chi connectivity index (χ1v) is 17.2. The number of oxazole rings is 2. The predicted molar refractivity (Wildman–Crippen MR) is 213 cm³/mol. The van der Waals surface area contributed by atoms with Crippen LogP contribution in [0, 0.1) is 0 Å². The van der Waals surface area contributed by atoms with Gasteiger partial charge in [-0.3, -0.25) is 28.9 Å². The van der Waals surface area contributed by atoms with Gasteiger partial charge in [-0.2, -0.15) is 10.2 Å². The molecule has 8 rings (SSSR count). The second kappa shape index (κ2) is 18.6. The third kappa shape index (κ3) is 8.66. The summed E-state index contributed by atoms with van der Waals surface area (Å²) in [4.78, 5) is 38.6. The number of aromatic hydroxyl groups is 1. The number of aldehydes is 2. The molecule has 0 atom stereocenters. The minimum Gasteiger partial charge on any atom is -0.507 e. The van der Waals surface area contributed by atoms with Gasteiger partial charge in [0.25, 0.3) is 0 Å². The zero-order chi connectivity index (χ0) is 42.5. The molecule has 0 saturated heterocycles. The molecule has 0 saturated carbocycles. The normalized spacial score (nSPS) is 12.3. The Hall–Kier alpha value is -6.67. The number of hydrogen-bond donors (Lipinski definition) is 1. The van der Waals surface area contributed by atoms with Crippen LogP contribution in [0.2, 0.25) is 0 Å². The lowest BCUT2D eigenvalue weighted by atomic mass is 10.1. The van der Waals surface area contributed by atoms with Crippen LogP contribution in [-0.2, 0) is 12.4 Å². The number of phenolic OH excluding ortho intramolecular Hbond substituents is 1. The Morgan fingerprint density at radius 3 is 1.79 bits per heavy atom. The molecule has 2 aromatic carbocycles. The fourth-order valence-corrected chi connectivity index (χ4v) is 5.65. The van der Waals surface area contributed by atoms with Gasteiger partial charge in [-0.15, -0.1) is 11.6 Å². The average molecular weight is 781 g/mol. The lowest BCUT2D eigenvalue weighted by molar-refractivity contribution is 0.111. The molecule has 0 bridgehead atoms. The fourth-order valence-electron chi connectivity index (χ4n) is 5.50. The molecule has 288 valence electrons. The van der Waals surface area contributed by atoms with Crippen molar-refractivity contribution < 1.29 is 33.7 Å². The third-order valence-electron chi connectivity index (χ3n) is 8.04. The zero-order valence-electron chi connectivity index (χ0n) is 34.0. The van der Waals surface area contributed by atoms with E-state index in [-0.39, 0.29) is 53.3 Å². The first-order chi connectivity index (χ1) is 28.2. The first-order valence-electron chi connectivity index (χ1n) is 18.8. The Balaban J connectivity index is 0.000000187. The molecular formula is C41H41ClN8O6. The van der Waals surface area contributed by atoms with E-state index in [0.29, 0.717) is 51.8 Å². The van der Waals surface area contributed by atoms with Crippen molar-refractivity contribution >= 4 is 46.4 Å². The molecule has 0 spiro atoms. The zero-order valence-corrected chi connectivity index (χ0v) is 30.7. The molecule has 8 aromatic rings. The highest BCUT2D eigenvalue weighted by atomic mass is 35.5. The van der Waals surface area contributed by atoms with Gasteiger partial charge in [0.15, 0.2) is 36.5 Å². The number of ether oxygens (including phenoxy) is 1. The van der Waals surface area contributed by atoms with Crippen molar-refractivity contribution in [2.75, 3.05) is 0 Å². The van der Waals surface area contributed by atoms with E-state index in [1.807, 2.05) is 33.8 Å². The topological polar surface area (TPSA) is 177 Å². The van der Waals surface area contributed by atoms with E-state index >= 15 is 0 Å². The summed E-state index contributed by atoms with van der Waals surface area (Å²) in [5.74, 6) is -1.98. The summed E-state index contributed by atoms with van der Waals surface area (Å²) < 4.78 is 51.9. The van der Waals surface area contributed by atoms with Crippen molar-refractivity contribution in [3.05, 3.63) is 120 Å². The lowest BCUT2D eigenvalue weighted by Crippen LogP contribution is -2.08. The standard InChI is InChI=1S/C20H18N4O3.C12H14ClN3.C8H5NO3.CH4/c1-13(2)24-17(7-9-23-24)19-14(4-3-8-21-19)11-26-18-6-5-16-20(15(18)10-25)27-12-22-16;1-9(2)16-11(5-7-15-16)12-10(8-13)4-3-6-14-12;10-3-5-7(11)2-1-6-8(5)12-4-9-6;/h3-10,12-13H,11H2,1-2H3;3-7,9H,8H2,1-2H3;1-4,11H;1H4/i11D2;8D2;;. The minimum absolute atomic E-state index is 0. The van der Waals surface area contributed by atoms with Gasteiger partial charge in [0.1, 0.15) is 40.2 Å². The van der Waals surface area contributed by atoms with Crippen LogP contribution in [0.5, 0.6) is 11.5 Å². The number of carbonyl (C=O) groups is 2. The van der Waals surface area contributed by atoms with Gasteiger partial charge in [-0.25, -0.2) is 9.97 Å². The Bertz CT molecular complexity index is 2720. The van der Waals surface area contributed by atoms with Gasteiger partial charge in [0.05, 0.1) is 25.5 Å². The largest absolute Gasteiger partial charge is 0.507 e. The van der Waals surface area contributed by atoms with Crippen molar-refractivity contribution in [1.29, 1.82) is 0 Å². The van der Waals surface area contributed by atoms with Crippen molar-refractivity contribution in [3.63, 3.8) is 0 Å². The molecule has 0 unspecified atom stereocenters. The summed E-state index contributed by atoms with van der Waals surface area (Å²) in [6.45, 7) is 5.70. The van der Waals surface area contributed by atoms with Crippen molar-refractivity contribution in [2.45, 2.75) is 59.6 Å². The van der Waals surface area contributed by atoms with Gasteiger partial charge in [0.2, 0.25) is 0 Å². The third-order valence-corrected chi connectivity index (χ3v) is 8.24. The number of aromatic nitrogens is 8.